The highest BCUT2D eigenvalue weighted by molar-refractivity contribution is 6.26. The second kappa shape index (κ2) is 6.07. The zero-order valence-corrected chi connectivity index (χ0v) is 14.1. The van der Waals surface area contributed by atoms with Crippen molar-refractivity contribution in [3.05, 3.63) is 47.5 Å². The van der Waals surface area contributed by atoms with E-state index in [0.717, 1.165) is 10.3 Å². The topological polar surface area (TPSA) is 57.7 Å². The summed E-state index contributed by atoms with van der Waals surface area (Å²) in [4.78, 5) is 41.1. The second-order valence-corrected chi connectivity index (χ2v) is 5.88. The molecule has 2 aromatic rings. The Hall–Kier alpha value is -2.69. The third kappa shape index (κ3) is 2.28. The zero-order valence-electron chi connectivity index (χ0n) is 14.1. The predicted molar refractivity (Wildman–Crippen MR) is 91.8 cm³/mol. The second-order valence-electron chi connectivity index (χ2n) is 5.88. The molecule has 0 spiro atoms. The van der Waals surface area contributed by atoms with Crippen molar-refractivity contribution in [1.29, 1.82) is 0 Å². The third-order valence-electron chi connectivity index (χ3n) is 4.62. The van der Waals surface area contributed by atoms with Crippen LogP contribution in [0.4, 0.5) is 0 Å². The van der Waals surface area contributed by atoms with Gasteiger partial charge in [-0.05, 0) is 38.3 Å². The van der Waals surface area contributed by atoms with Gasteiger partial charge in [0, 0.05) is 29.6 Å². The average molecular weight is 324 g/mol. The highest BCUT2D eigenvalue weighted by Crippen LogP contribution is 2.31. The van der Waals surface area contributed by atoms with Crippen LogP contribution in [0.15, 0.2) is 36.4 Å². The number of rotatable bonds is 4. The molecule has 1 heterocycles. The normalized spacial score (nSPS) is 14.9. The fourth-order valence-corrected chi connectivity index (χ4v) is 3.31. The molecule has 24 heavy (non-hydrogen) atoms. The van der Waals surface area contributed by atoms with Crippen LogP contribution in [0, 0.1) is 0 Å². The number of imide groups is 1. The maximum absolute atomic E-state index is 12.9. The highest BCUT2D eigenvalue weighted by Gasteiger charge is 2.39. The maximum Gasteiger partial charge on any atom is 0.262 e. The van der Waals surface area contributed by atoms with E-state index in [-0.39, 0.29) is 5.91 Å². The van der Waals surface area contributed by atoms with Gasteiger partial charge in [-0.2, -0.15) is 0 Å². The van der Waals surface area contributed by atoms with Gasteiger partial charge in [0.05, 0.1) is 0 Å². The minimum Gasteiger partial charge on any atom is -0.341 e. The standard InChI is InChI=1S/C19H20N2O3/c1-4-20(5-2)17(22)12(3)21-18(23)14-10-6-8-13-9-7-11-15(16(13)14)19(21)24/h6-12H,4-5H2,1-3H3/t12-/m1/s1. The zero-order chi connectivity index (χ0) is 17.4. The number of carbonyl (C=O) groups is 3. The van der Waals surface area contributed by atoms with Crippen molar-refractivity contribution < 1.29 is 14.4 Å². The summed E-state index contributed by atoms with van der Waals surface area (Å²) in [5, 5.41) is 1.53. The first kappa shape index (κ1) is 16.2. The Kier molecular flexibility index (Phi) is 4.09. The number of hydrogen-bond acceptors (Lipinski definition) is 3. The lowest BCUT2D eigenvalue weighted by Crippen LogP contribution is -2.53. The van der Waals surface area contributed by atoms with Crippen molar-refractivity contribution in [2.75, 3.05) is 13.1 Å². The van der Waals surface area contributed by atoms with Gasteiger partial charge in [0.1, 0.15) is 6.04 Å². The Labute approximate surface area is 140 Å². The molecule has 0 radical (unpaired) electrons. The molecule has 3 amide bonds. The van der Waals surface area contributed by atoms with Crippen LogP contribution >= 0.6 is 0 Å². The molecule has 0 unspecified atom stereocenters. The van der Waals surface area contributed by atoms with Gasteiger partial charge >= 0.3 is 0 Å². The smallest absolute Gasteiger partial charge is 0.262 e. The molecular formula is C19H20N2O3. The van der Waals surface area contributed by atoms with Crippen molar-refractivity contribution in [2.24, 2.45) is 0 Å². The largest absolute Gasteiger partial charge is 0.341 e. The number of benzene rings is 2. The van der Waals surface area contributed by atoms with Gasteiger partial charge in [-0.15, -0.1) is 0 Å². The van der Waals surface area contributed by atoms with E-state index >= 15 is 0 Å². The van der Waals surface area contributed by atoms with Crippen molar-refractivity contribution in [2.45, 2.75) is 26.8 Å². The molecule has 5 nitrogen and oxygen atoms in total. The van der Waals surface area contributed by atoms with E-state index in [4.69, 9.17) is 0 Å². The Bertz CT molecular complexity index is 789. The quantitative estimate of drug-likeness (QED) is 0.813. The first-order valence-corrected chi connectivity index (χ1v) is 8.19. The lowest BCUT2D eigenvalue weighted by molar-refractivity contribution is -0.134. The molecule has 0 aromatic heterocycles. The molecule has 0 N–H and O–H groups in total. The molecule has 1 atom stereocenters. The minimum absolute atomic E-state index is 0.215. The summed E-state index contributed by atoms with van der Waals surface area (Å²) in [7, 11) is 0. The summed E-state index contributed by atoms with van der Waals surface area (Å²) in [5.41, 5.74) is 0.948. The van der Waals surface area contributed by atoms with Crippen LogP contribution in [0.2, 0.25) is 0 Å². The molecule has 0 saturated heterocycles. The first-order chi connectivity index (χ1) is 11.5. The number of carbonyl (C=O) groups excluding carboxylic acids is 3. The van der Waals surface area contributed by atoms with E-state index < -0.39 is 17.9 Å². The Morgan fingerprint density at radius 2 is 1.50 bits per heavy atom. The van der Waals surface area contributed by atoms with Crippen LogP contribution in [-0.4, -0.2) is 46.7 Å². The summed E-state index contributed by atoms with van der Waals surface area (Å²) < 4.78 is 0. The highest BCUT2D eigenvalue weighted by atomic mass is 16.2. The molecule has 124 valence electrons. The fraction of sp³-hybridized carbons (Fsp3) is 0.316. The van der Waals surface area contributed by atoms with E-state index in [1.807, 2.05) is 26.0 Å². The summed E-state index contributed by atoms with van der Waals surface area (Å²) in [5.74, 6) is -1.03. The number of amides is 3. The Morgan fingerprint density at radius 1 is 1.00 bits per heavy atom. The molecule has 0 fully saturated rings. The molecule has 0 saturated carbocycles. The predicted octanol–water partition coefficient (Wildman–Crippen LogP) is 2.69. The summed E-state index contributed by atoms with van der Waals surface area (Å²) in [6.07, 6.45) is 0. The van der Waals surface area contributed by atoms with Crippen LogP contribution in [0.5, 0.6) is 0 Å². The van der Waals surface area contributed by atoms with E-state index in [2.05, 4.69) is 0 Å². The number of nitrogens with zero attached hydrogens (tertiary/aromatic N) is 2. The van der Waals surface area contributed by atoms with Crippen LogP contribution in [0.25, 0.3) is 10.8 Å². The lowest BCUT2D eigenvalue weighted by atomic mass is 9.93. The molecule has 5 heteroatoms. The van der Waals surface area contributed by atoms with Crippen molar-refractivity contribution in [3.63, 3.8) is 0 Å². The van der Waals surface area contributed by atoms with Gasteiger partial charge in [-0.1, -0.05) is 24.3 Å². The SMILES string of the molecule is CCN(CC)C(=O)[C@@H](C)N1C(=O)c2cccc3cccc(c23)C1=O. The van der Waals surface area contributed by atoms with Gasteiger partial charge in [-0.25, -0.2) is 0 Å². The van der Waals surface area contributed by atoms with Crippen molar-refractivity contribution in [3.8, 4) is 0 Å². The molecule has 1 aliphatic heterocycles. The maximum atomic E-state index is 12.9. The lowest BCUT2D eigenvalue weighted by Gasteiger charge is -2.33. The molecule has 0 aliphatic carbocycles. The van der Waals surface area contributed by atoms with Gasteiger partial charge in [-0.3, -0.25) is 19.3 Å². The van der Waals surface area contributed by atoms with Crippen LogP contribution < -0.4 is 0 Å². The van der Waals surface area contributed by atoms with Crippen LogP contribution in [-0.2, 0) is 4.79 Å². The third-order valence-corrected chi connectivity index (χ3v) is 4.62. The summed E-state index contributed by atoms with van der Waals surface area (Å²) in [6.45, 7) is 6.46. The van der Waals surface area contributed by atoms with Crippen molar-refractivity contribution >= 4 is 28.5 Å². The Balaban J connectivity index is 2.08. The van der Waals surface area contributed by atoms with E-state index in [1.165, 1.54) is 0 Å². The van der Waals surface area contributed by atoms with Gasteiger partial charge in [0.25, 0.3) is 11.8 Å². The van der Waals surface area contributed by atoms with Crippen molar-refractivity contribution in [1.82, 2.24) is 9.80 Å². The van der Waals surface area contributed by atoms with Crippen LogP contribution in [0.1, 0.15) is 41.5 Å². The van der Waals surface area contributed by atoms with Gasteiger partial charge < -0.3 is 4.90 Å². The summed E-state index contributed by atoms with van der Waals surface area (Å²) >= 11 is 0. The molecule has 2 aromatic carbocycles. The molecular weight excluding hydrogens is 304 g/mol. The minimum atomic E-state index is -0.825. The molecule has 3 rings (SSSR count). The van der Waals surface area contributed by atoms with Gasteiger partial charge in [0.15, 0.2) is 0 Å². The van der Waals surface area contributed by atoms with E-state index in [1.54, 1.807) is 36.1 Å². The van der Waals surface area contributed by atoms with Crippen LogP contribution in [0.3, 0.4) is 0 Å². The van der Waals surface area contributed by atoms with E-state index in [0.29, 0.717) is 29.6 Å². The number of hydrogen-bond donors (Lipinski definition) is 0. The summed E-state index contributed by atoms with van der Waals surface area (Å²) in [6, 6.07) is 9.94. The average Bonchev–Trinajstić information content (AvgIpc) is 2.60. The van der Waals surface area contributed by atoms with E-state index in [9.17, 15) is 14.4 Å². The number of likely N-dealkylation sites (N-methyl/N-ethyl adjacent to an activating group) is 1. The van der Waals surface area contributed by atoms with Gasteiger partial charge in [0.2, 0.25) is 5.91 Å². The fourth-order valence-electron chi connectivity index (χ4n) is 3.31. The molecule has 1 aliphatic rings. The Morgan fingerprint density at radius 3 is 1.96 bits per heavy atom. The first-order valence-electron chi connectivity index (χ1n) is 8.19. The monoisotopic (exact) mass is 324 g/mol. The molecule has 0 bridgehead atoms.